The van der Waals surface area contributed by atoms with Crippen LogP contribution in [0.4, 0.5) is 0 Å². The molecule has 118 valence electrons. The van der Waals surface area contributed by atoms with Crippen molar-refractivity contribution in [1.82, 2.24) is 29.2 Å². The first-order valence-electron chi connectivity index (χ1n) is 7.90. The van der Waals surface area contributed by atoms with Gasteiger partial charge in [0.05, 0.1) is 0 Å². The van der Waals surface area contributed by atoms with Crippen LogP contribution < -0.4 is 0 Å². The first kappa shape index (κ1) is 14.7. The number of hydrogen-bond donors (Lipinski definition) is 0. The van der Waals surface area contributed by atoms with E-state index in [1.165, 1.54) is 0 Å². The van der Waals surface area contributed by atoms with Crippen molar-refractivity contribution >= 4 is 5.91 Å². The molecule has 0 aliphatic carbocycles. The number of aromatic nitrogens is 5. The monoisotopic (exact) mass is 302 g/mol. The summed E-state index contributed by atoms with van der Waals surface area (Å²) >= 11 is 0. The third-order valence-electron chi connectivity index (χ3n) is 4.36. The van der Waals surface area contributed by atoms with E-state index >= 15 is 0 Å². The quantitative estimate of drug-likeness (QED) is 0.834. The molecule has 7 nitrogen and oxygen atoms in total. The zero-order chi connectivity index (χ0) is 15.4. The number of carbonyl (C=O) groups is 1. The molecule has 22 heavy (non-hydrogen) atoms. The molecular formula is C15H22N6O. The van der Waals surface area contributed by atoms with E-state index in [2.05, 4.69) is 26.7 Å². The zero-order valence-electron chi connectivity index (χ0n) is 12.9. The van der Waals surface area contributed by atoms with Crippen molar-refractivity contribution < 1.29 is 4.79 Å². The number of piperidine rings is 1. The molecule has 3 rings (SSSR count). The Labute approximate surface area is 130 Å². The molecule has 0 saturated carbocycles. The lowest BCUT2D eigenvalue weighted by molar-refractivity contribution is -0.132. The van der Waals surface area contributed by atoms with Crippen molar-refractivity contribution in [2.75, 3.05) is 13.1 Å². The lowest BCUT2D eigenvalue weighted by Gasteiger charge is -2.32. The molecule has 0 N–H and O–H groups in total. The first-order chi connectivity index (χ1) is 10.8. The Bertz CT molecular complexity index is 597. The molecule has 0 bridgehead atoms. The van der Waals surface area contributed by atoms with E-state index in [1.807, 2.05) is 15.7 Å². The second-order valence-electron chi connectivity index (χ2n) is 5.66. The van der Waals surface area contributed by atoms with Crippen LogP contribution in [0.1, 0.15) is 38.1 Å². The molecule has 1 amide bonds. The van der Waals surface area contributed by atoms with Crippen LogP contribution >= 0.6 is 0 Å². The van der Waals surface area contributed by atoms with Gasteiger partial charge in [-0.25, -0.2) is 4.98 Å². The summed E-state index contributed by atoms with van der Waals surface area (Å²) in [6.07, 6.45) is 10.6. The average Bonchev–Trinajstić information content (AvgIpc) is 3.24. The molecular weight excluding hydrogens is 280 g/mol. The Kier molecular flexibility index (Phi) is 4.50. The summed E-state index contributed by atoms with van der Waals surface area (Å²) in [6, 6.07) is 0.416. The van der Waals surface area contributed by atoms with Gasteiger partial charge in [0.15, 0.2) is 0 Å². The number of hydrogen-bond acceptors (Lipinski definition) is 4. The van der Waals surface area contributed by atoms with Crippen molar-refractivity contribution in [2.45, 2.75) is 45.2 Å². The van der Waals surface area contributed by atoms with Gasteiger partial charge in [0.2, 0.25) is 5.91 Å². The molecule has 7 heteroatoms. The van der Waals surface area contributed by atoms with Gasteiger partial charge >= 0.3 is 0 Å². The number of aryl methyl sites for hydroxylation is 2. The Morgan fingerprint density at radius 2 is 2.00 bits per heavy atom. The number of imidazole rings is 1. The SMILES string of the molecule is CCc1nccn1CCC(=O)N1CCC(n2cnnc2)CC1. The molecule has 1 aliphatic heterocycles. The Hall–Kier alpha value is -2.18. The maximum Gasteiger partial charge on any atom is 0.224 e. The third-order valence-corrected chi connectivity index (χ3v) is 4.36. The van der Waals surface area contributed by atoms with E-state index < -0.39 is 0 Å². The van der Waals surface area contributed by atoms with Gasteiger partial charge in [-0.15, -0.1) is 10.2 Å². The number of rotatable bonds is 5. The standard InChI is InChI=1S/C15H22N6O/c1-2-14-16-6-10-19(14)9-5-15(22)20-7-3-13(4-8-20)21-11-17-18-12-21/h6,10-13H,2-5,7-9H2,1H3. The highest BCUT2D eigenvalue weighted by atomic mass is 16.2. The van der Waals surface area contributed by atoms with Crippen LogP contribution in [-0.2, 0) is 17.8 Å². The predicted octanol–water partition coefficient (Wildman–Crippen LogP) is 1.29. The van der Waals surface area contributed by atoms with E-state index in [0.717, 1.165) is 38.2 Å². The summed E-state index contributed by atoms with van der Waals surface area (Å²) in [7, 11) is 0. The van der Waals surface area contributed by atoms with Crippen LogP contribution in [0.25, 0.3) is 0 Å². The minimum Gasteiger partial charge on any atom is -0.342 e. The average molecular weight is 302 g/mol. The minimum absolute atomic E-state index is 0.234. The van der Waals surface area contributed by atoms with Gasteiger partial charge in [0.25, 0.3) is 0 Å². The van der Waals surface area contributed by atoms with Crippen molar-refractivity contribution in [2.24, 2.45) is 0 Å². The highest BCUT2D eigenvalue weighted by Gasteiger charge is 2.23. The van der Waals surface area contributed by atoms with E-state index in [9.17, 15) is 4.79 Å². The van der Waals surface area contributed by atoms with Gasteiger partial charge in [-0.3, -0.25) is 4.79 Å². The van der Waals surface area contributed by atoms with Crippen molar-refractivity contribution in [3.05, 3.63) is 30.9 Å². The van der Waals surface area contributed by atoms with E-state index in [4.69, 9.17) is 0 Å². The van der Waals surface area contributed by atoms with Crippen LogP contribution in [0.15, 0.2) is 25.0 Å². The third kappa shape index (κ3) is 3.18. The molecule has 1 saturated heterocycles. The van der Waals surface area contributed by atoms with Crippen LogP contribution in [-0.4, -0.2) is 48.2 Å². The van der Waals surface area contributed by atoms with E-state index in [1.54, 1.807) is 18.9 Å². The summed E-state index contributed by atoms with van der Waals surface area (Å²) in [6.45, 7) is 4.42. The van der Waals surface area contributed by atoms with Gasteiger partial charge in [0, 0.05) is 50.9 Å². The normalized spacial score (nSPS) is 16.1. The maximum absolute atomic E-state index is 12.3. The van der Waals surface area contributed by atoms with Gasteiger partial charge in [-0.2, -0.15) is 0 Å². The number of carbonyl (C=O) groups excluding carboxylic acids is 1. The second-order valence-corrected chi connectivity index (χ2v) is 5.66. The van der Waals surface area contributed by atoms with Gasteiger partial charge < -0.3 is 14.0 Å². The van der Waals surface area contributed by atoms with Crippen LogP contribution in [0.2, 0.25) is 0 Å². The fourth-order valence-electron chi connectivity index (χ4n) is 3.04. The number of amides is 1. The number of nitrogens with zero attached hydrogens (tertiary/aromatic N) is 6. The smallest absolute Gasteiger partial charge is 0.224 e. The summed E-state index contributed by atoms with van der Waals surface area (Å²) in [5, 5.41) is 7.70. The molecule has 0 unspecified atom stereocenters. The van der Waals surface area contributed by atoms with Gasteiger partial charge in [-0.05, 0) is 12.8 Å². The zero-order valence-corrected chi connectivity index (χ0v) is 12.9. The summed E-state index contributed by atoms with van der Waals surface area (Å²) in [5.74, 6) is 1.28. The largest absolute Gasteiger partial charge is 0.342 e. The van der Waals surface area contributed by atoms with Crippen LogP contribution in [0.5, 0.6) is 0 Å². The Balaban J connectivity index is 1.48. The second kappa shape index (κ2) is 6.72. The van der Waals surface area contributed by atoms with Crippen LogP contribution in [0.3, 0.4) is 0 Å². The molecule has 0 aromatic carbocycles. The Morgan fingerprint density at radius 1 is 1.27 bits per heavy atom. The van der Waals surface area contributed by atoms with Crippen LogP contribution in [0, 0.1) is 0 Å². The van der Waals surface area contributed by atoms with Gasteiger partial charge in [-0.1, -0.05) is 6.92 Å². The van der Waals surface area contributed by atoms with E-state index in [-0.39, 0.29) is 5.91 Å². The molecule has 2 aromatic heterocycles. The molecule has 1 aliphatic rings. The summed E-state index contributed by atoms with van der Waals surface area (Å²) in [5.41, 5.74) is 0. The number of likely N-dealkylation sites (tertiary alicyclic amines) is 1. The van der Waals surface area contributed by atoms with Gasteiger partial charge in [0.1, 0.15) is 18.5 Å². The van der Waals surface area contributed by atoms with Crippen molar-refractivity contribution in [3.8, 4) is 0 Å². The predicted molar refractivity (Wildman–Crippen MR) is 81.1 cm³/mol. The maximum atomic E-state index is 12.3. The van der Waals surface area contributed by atoms with Crippen molar-refractivity contribution in [3.63, 3.8) is 0 Å². The Morgan fingerprint density at radius 3 is 2.68 bits per heavy atom. The lowest BCUT2D eigenvalue weighted by Crippen LogP contribution is -2.39. The summed E-state index contributed by atoms with van der Waals surface area (Å²) < 4.78 is 4.11. The molecule has 2 aromatic rings. The van der Waals surface area contributed by atoms with E-state index in [0.29, 0.717) is 19.0 Å². The minimum atomic E-state index is 0.234. The lowest BCUT2D eigenvalue weighted by atomic mass is 10.0. The molecule has 3 heterocycles. The molecule has 0 spiro atoms. The molecule has 1 fully saturated rings. The highest BCUT2D eigenvalue weighted by Crippen LogP contribution is 2.22. The highest BCUT2D eigenvalue weighted by molar-refractivity contribution is 5.76. The fourth-order valence-corrected chi connectivity index (χ4v) is 3.04. The fraction of sp³-hybridized carbons (Fsp3) is 0.600. The topological polar surface area (TPSA) is 68.8 Å². The first-order valence-corrected chi connectivity index (χ1v) is 7.90. The van der Waals surface area contributed by atoms with Crippen molar-refractivity contribution in [1.29, 1.82) is 0 Å². The molecule has 0 radical (unpaired) electrons. The molecule has 0 atom stereocenters. The summed E-state index contributed by atoms with van der Waals surface area (Å²) in [4.78, 5) is 18.6.